The lowest BCUT2D eigenvalue weighted by Gasteiger charge is -2.36. The van der Waals surface area contributed by atoms with E-state index in [2.05, 4.69) is 31.6 Å². The molecular weight excluding hydrogens is 466 g/mol. The Bertz CT molecular complexity index is 1410. The Kier molecular flexibility index (Phi) is 6.81. The first-order chi connectivity index (χ1) is 16.7. The zero-order valence-corrected chi connectivity index (χ0v) is 20.2. The van der Waals surface area contributed by atoms with E-state index in [0.717, 1.165) is 17.7 Å². The third-order valence-corrected chi connectivity index (χ3v) is 7.66. The van der Waals surface area contributed by atoms with Gasteiger partial charge in [0.1, 0.15) is 0 Å². The van der Waals surface area contributed by atoms with Gasteiger partial charge in [0.2, 0.25) is 5.89 Å². The van der Waals surface area contributed by atoms with Gasteiger partial charge in [-0.2, -0.15) is 15.9 Å². The van der Waals surface area contributed by atoms with E-state index in [4.69, 9.17) is 10.2 Å². The third kappa shape index (κ3) is 4.87. The fraction of sp³-hybridized carbons (Fsp3) is 0.208. The molecule has 2 aromatic heterocycles. The Morgan fingerprint density at radius 2 is 1.86 bits per heavy atom. The van der Waals surface area contributed by atoms with Crippen molar-refractivity contribution in [3.8, 4) is 40.4 Å². The SMILES string of the molecule is CNCc1ccc(-c2nnc(-c3nc(-c4ccc(S(O)(O)C(C)C)cc4C#N)cnc3N)o2)cc1.[HH].[HH].[HH]. The fourth-order valence-electron chi connectivity index (χ4n) is 3.39. The van der Waals surface area contributed by atoms with E-state index >= 15 is 0 Å². The van der Waals surface area contributed by atoms with Gasteiger partial charge in [-0.25, -0.2) is 9.97 Å². The summed E-state index contributed by atoms with van der Waals surface area (Å²) >= 11 is 0. The van der Waals surface area contributed by atoms with Crippen LogP contribution in [0.15, 0.2) is 58.0 Å². The summed E-state index contributed by atoms with van der Waals surface area (Å²) in [7, 11) is -1.16. The van der Waals surface area contributed by atoms with Gasteiger partial charge >= 0.3 is 0 Å². The van der Waals surface area contributed by atoms with Crippen LogP contribution in [0, 0.1) is 11.3 Å². The monoisotopic (exact) mass is 497 g/mol. The van der Waals surface area contributed by atoms with Crippen molar-refractivity contribution in [3.63, 3.8) is 0 Å². The second-order valence-electron chi connectivity index (χ2n) is 8.09. The van der Waals surface area contributed by atoms with E-state index in [1.165, 1.54) is 12.3 Å². The second kappa shape index (κ2) is 9.81. The number of anilines is 1. The van der Waals surface area contributed by atoms with E-state index in [-0.39, 0.29) is 27.2 Å². The molecule has 0 aliphatic heterocycles. The van der Waals surface area contributed by atoms with Crippen molar-refractivity contribution in [2.75, 3.05) is 12.8 Å². The van der Waals surface area contributed by atoms with Gasteiger partial charge in [-0.3, -0.25) is 9.11 Å². The average Bonchev–Trinajstić information content (AvgIpc) is 3.34. The van der Waals surface area contributed by atoms with E-state index in [9.17, 15) is 14.4 Å². The number of nitrogens with one attached hydrogen (secondary N) is 1. The van der Waals surface area contributed by atoms with Gasteiger partial charge in [-0.05, 0) is 56.8 Å². The molecule has 0 radical (unpaired) electrons. The predicted octanol–water partition coefficient (Wildman–Crippen LogP) is 5.29. The molecule has 10 nitrogen and oxygen atoms in total. The van der Waals surface area contributed by atoms with E-state index in [1.54, 1.807) is 26.0 Å². The van der Waals surface area contributed by atoms with E-state index in [0.29, 0.717) is 22.0 Å². The summed E-state index contributed by atoms with van der Waals surface area (Å²) in [5.74, 6) is 0.497. The molecule has 0 bridgehead atoms. The quantitative estimate of drug-likeness (QED) is 0.263. The van der Waals surface area contributed by atoms with Crippen LogP contribution in [-0.2, 0) is 6.54 Å². The summed E-state index contributed by atoms with van der Waals surface area (Å²) in [5, 5.41) is 20.6. The number of nitrogen functional groups attached to an aromatic ring is 1. The molecule has 0 amide bonds. The summed E-state index contributed by atoms with van der Waals surface area (Å²) in [6, 6.07) is 14.4. The Morgan fingerprint density at radius 1 is 1.14 bits per heavy atom. The highest BCUT2D eigenvalue weighted by Gasteiger charge is 2.23. The van der Waals surface area contributed by atoms with Gasteiger partial charge < -0.3 is 15.5 Å². The molecule has 0 aliphatic rings. The van der Waals surface area contributed by atoms with Gasteiger partial charge in [-0.15, -0.1) is 10.2 Å². The van der Waals surface area contributed by atoms with Crippen molar-refractivity contribution in [2.45, 2.75) is 30.5 Å². The molecule has 0 aliphatic carbocycles. The van der Waals surface area contributed by atoms with Crippen LogP contribution in [0.4, 0.5) is 5.82 Å². The maximum Gasteiger partial charge on any atom is 0.270 e. The topological polar surface area (TPSA) is 167 Å². The minimum atomic E-state index is -3.04. The van der Waals surface area contributed by atoms with Crippen LogP contribution < -0.4 is 11.1 Å². The highest BCUT2D eigenvalue weighted by molar-refractivity contribution is 8.24. The van der Waals surface area contributed by atoms with E-state index in [1.807, 2.05) is 31.3 Å². The number of aromatic nitrogens is 4. The Labute approximate surface area is 208 Å². The first-order valence-electron chi connectivity index (χ1n) is 10.8. The molecule has 4 aromatic rings. The van der Waals surface area contributed by atoms with Gasteiger partial charge in [0.25, 0.3) is 5.89 Å². The average molecular weight is 498 g/mol. The van der Waals surface area contributed by atoms with Crippen molar-refractivity contribution in [3.05, 3.63) is 59.8 Å². The van der Waals surface area contributed by atoms with Crippen LogP contribution in [0.1, 0.15) is 29.3 Å². The second-order valence-corrected chi connectivity index (χ2v) is 10.7. The van der Waals surface area contributed by atoms with Crippen LogP contribution >= 0.6 is 10.6 Å². The number of nitrogens with zero attached hydrogens (tertiary/aromatic N) is 5. The van der Waals surface area contributed by atoms with Crippen molar-refractivity contribution < 1.29 is 17.8 Å². The summed E-state index contributed by atoms with van der Waals surface area (Å²) in [6.45, 7) is 4.17. The molecule has 4 rings (SSSR count). The largest absolute Gasteiger partial charge is 0.414 e. The molecule has 35 heavy (non-hydrogen) atoms. The smallest absolute Gasteiger partial charge is 0.270 e. The van der Waals surface area contributed by atoms with Crippen LogP contribution in [0.2, 0.25) is 0 Å². The molecule has 0 unspecified atom stereocenters. The molecule has 5 N–H and O–H groups in total. The number of hydrogen-bond acceptors (Lipinski definition) is 10. The van der Waals surface area contributed by atoms with Crippen molar-refractivity contribution in [2.24, 2.45) is 0 Å². The van der Waals surface area contributed by atoms with E-state index < -0.39 is 15.8 Å². The molecule has 0 saturated carbocycles. The van der Waals surface area contributed by atoms with Gasteiger partial charge in [0.05, 0.1) is 28.4 Å². The normalized spacial score (nSPS) is 12.0. The predicted molar refractivity (Wildman–Crippen MR) is 141 cm³/mol. The zero-order chi connectivity index (χ0) is 25.2. The lowest BCUT2D eigenvalue weighted by Crippen LogP contribution is -2.10. The van der Waals surface area contributed by atoms with Crippen molar-refractivity contribution in [1.29, 1.82) is 5.26 Å². The number of nitrogens with two attached hydrogens (primary N) is 1. The van der Waals surface area contributed by atoms with Crippen molar-refractivity contribution in [1.82, 2.24) is 25.5 Å². The molecule has 0 saturated heterocycles. The molecule has 2 heterocycles. The molecule has 0 fully saturated rings. The molecule has 0 spiro atoms. The first-order valence-corrected chi connectivity index (χ1v) is 12.4. The highest BCUT2D eigenvalue weighted by atomic mass is 32.3. The summed E-state index contributed by atoms with van der Waals surface area (Å²) in [5.41, 5.74) is 9.14. The summed E-state index contributed by atoms with van der Waals surface area (Å²) in [4.78, 5) is 9.02. The van der Waals surface area contributed by atoms with Crippen LogP contribution in [-0.4, -0.2) is 41.6 Å². The standard InChI is InChI=1S/C24H25N7O3S.3H2/c1-14(2)35(32,33)18-8-9-19(17(10-18)11-25)20-13-28-22(26)21(29-20)24-31-30-23(34-24)16-6-4-15(5-7-16)12-27-3;;;/h4-10,13-14,27,32-33H,12H2,1-3H3,(H2,26,28);3*1H. The minimum absolute atomic E-state index is 0. The Balaban J connectivity index is 0.00000241. The zero-order valence-electron chi connectivity index (χ0n) is 19.4. The van der Waals surface area contributed by atoms with Crippen LogP contribution in [0.5, 0.6) is 0 Å². The highest BCUT2D eigenvalue weighted by Crippen LogP contribution is 2.52. The fourth-order valence-corrected chi connectivity index (χ4v) is 4.49. The number of rotatable bonds is 7. The summed E-state index contributed by atoms with van der Waals surface area (Å²) in [6.07, 6.45) is 1.44. The number of nitriles is 1. The number of hydrogen-bond donors (Lipinski definition) is 4. The first kappa shape index (κ1) is 24.3. The minimum Gasteiger partial charge on any atom is -0.414 e. The van der Waals surface area contributed by atoms with Gasteiger partial charge in [0, 0.05) is 27.2 Å². The van der Waals surface area contributed by atoms with Gasteiger partial charge in [-0.1, -0.05) is 12.1 Å². The maximum absolute atomic E-state index is 10.5. The lowest BCUT2D eigenvalue weighted by molar-refractivity contribution is 0.476. The maximum atomic E-state index is 10.5. The van der Waals surface area contributed by atoms with Crippen LogP contribution in [0.25, 0.3) is 34.3 Å². The lowest BCUT2D eigenvalue weighted by atomic mass is 10.1. The molecule has 2 aromatic carbocycles. The Hall–Kier alpha value is -3.82. The molecular formula is C24H31N7O3S. The van der Waals surface area contributed by atoms with Gasteiger partial charge in [0.15, 0.2) is 11.5 Å². The third-order valence-electron chi connectivity index (χ3n) is 5.40. The molecule has 0 atom stereocenters. The summed E-state index contributed by atoms with van der Waals surface area (Å²) < 4.78 is 26.8. The molecule has 186 valence electrons. The molecule has 11 heteroatoms. The number of benzene rings is 2. The Morgan fingerprint density at radius 3 is 2.51 bits per heavy atom. The van der Waals surface area contributed by atoms with Crippen LogP contribution in [0.3, 0.4) is 0 Å². The van der Waals surface area contributed by atoms with Crippen molar-refractivity contribution >= 4 is 16.4 Å².